The zero-order valence-corrected chi connectivity index (χ0v) is 8.07. The van der Waals surface area contributed by atoms with Crippen LogP contribution in [0.2, 0.25) is 0 Å². The fraction of sp³-hybridized carbons (Fsp3) is 0.0833. The van der Waals surface area contributed by atoms with E-state index >= 15 is 0 Å². The van der Waals surface area contributed by atoms with Gasteiger partial charge in [-0.05, 0) is 22.9 Å². The van der Waals surface area contributed by atoms with Crippen LogP contribution in [0.25, 0.3) is 21.8 Å². The monoisotopic (exact) mass is 198 g/mol. The number of aromatic nitrogens is 2. The second-order valence-corrected chi connectivity index (χ2v) is 3.56. The van der Waals surface area contributed by atoms with Crippen LogP contribution >= 0.6 is 0 Å². The lowest BCUT2D eigenvalue weighted by molar-refractivity contribution is 0.273. The van der Waals surface area contributed by atoms with Crippen molar-refractivity contribution in [2.75, 3.05) is 0 Å². The van der Waals surface area contributed by atoms with Crippen LogP contribution in [-0.2, 0) is 6.61 Å². The van der Waals surface area contributed by atoms with Gasteiger partial charge in [-0.1, -0.05) is 24.3 Å². The highest BCUT2D eigenvalue weighted by atomic mass is 16.3. The minimum Gasteiger partial charge on any atom is -0.388 e. The molecule has 0 spiro atoms. The van der Waals surface area contributed by atoms with E-state index in [1.807, 2.05) is 18.2 Å². The Labute approximate surface area is 86.4 Å². The lowest BCUT2D eigenvalue weighted by atomic mass is 10.1. The van der Waals surface area contributed by atoms with Crippen molar-refractivity contribution in [1.29, 1.82) is 0 Å². The van der Waals surface area contributed by atoms with E-state index in [0.717, 1.165) is 11.0 Å². The van der Waals surface area contributed by atoms with Crippen LogP contribution < -0.4 is 0 Å². The number of imidazole rings is 1. The van der Waals surface area contributed by atoms with Gasteiger partial charge in [0.2, 0.25) is 0 Å². The summed E-state index contributed by atoms with van der Waals surface area (Å²) in [6, 6.07) is 12.2. The molecule has 0 aliphatic heterocycles. The number of H-pyrrole nitrogens is 1. The van der Waals surface area contributed by atoms with E-state index in [0.29, 0.717) is 5.82 Å². The Morgan fingerprint density at radius 2 is 1.87 bits per heavy atom. The molecular weight excluding hydrogens is 188 g/mol. The Morgan fingerprint density at radius 1 is 1.13 bits per heavy atom. The fourth-order valence-electron chi connectivity index (χ4n) is 1.82. The summed E-state index contributed by atoms with van der Waals surface area (Å²) >= 11 is 0. The van der Waals surface area contributed by atoms with Crippen LogP contribution in [-0.4, -0.2) is 15.1 Å². The molecule has 0 unspecified atom stereocenters. The summed E-state index contributed by atoms with van der Waals surface area (Å²) < 4.78 is 0. The molecule has 0 aliphatic rings. The van der Waals surface area contributed by atoms with Crippen molar-refractivity contribution < 1.29 is 5.11 Å². The maximum absolute atomic E-state index is 8.98. The largest absolute Gasteiger partial charge is 0.388 e. The highest BCUT2D eigenvalue weighted by Gasteiger charge is 2.02. The van der Waals surface area contributed by atoms with Gasteiger partial charge in [0.05, 0.1) is 11.0 Å². The third kappa shape index (κ3) is 1.28. The Hall–Kier alpha value is -1.87. The number of hydrogen-bond donors (Lipinski definition) is 2. The number of nitrogens with zero attached hydrogens (tertiary/aromatic N) is 1. The molecular formula is C12H10N2O. The zero-order valence-electron chi connectivity index (χ0n) is 8.07. The third-order valence-corrected chi connectivity index (χ3v) is 2.55. The molecule has 3 nitrogen and oxygen atoms in total. The molecule has 0 atom stereocenters. The number of aliphatic hydroxyl groups excluding tert-OH is 1. The summed E-state index contributed by atoms with van der Waals surface area (Å²) in [5, 5.41) is 11.3. The lowest BCUT2D eigenvalue weighted by Crippen LogP contribution is -1.83. The van der Waals surface area contributed by atoms with E-state index in [1.165, 1.54) is 10.8 Å². The summed E-state index contributed by atoms with van der Waals surface area (Å²) in [5.74, 6) is 0.611. The highest BCUT2D eigenvalue weighted by molar-refractivity contribution is 5.95. The molecule has 0 amide bonds. The average Bonchev–Trinajstić information content (AvgIpc) is 2.67. The minimum absolute atomic E-state index is 0.0506. The van der Waals surface area contributed by atoms with Gasteiger partial charge in [0.25, 0.3) is 0 Å². The van der Waals surface area contributed by atoms with Crippen molar-refractivity contribution in [2.45, 2.75) is 6.61 Å². The van der Waals surface area contributed by atoms with Crippen molar-refractivity contribution in [1.82, 2.24) is 9.97 Å². The van der Waals surface area contributed by atoms with Crippen LogP contribution in [0.15, 0.2) is 36.4 Å². The Kier molecular flexibility index (Phi) is 1.73. The summed E-state index contributed by atoms with van der Waals surface area (Å²) in [6.45, 7) is -0.0506. The van der Waals surface area contributed by atoms with Gasteiger partial charge in [0, 0.05) is 0 Å². The SMILES string of the molecule is OCc1nc2cc3ccccc3cc2[nH]1. The van der Waals surface area contributed by atoms with Crippen LogP contribution in [0.1, 0.15) is 5.82 Å². The van der Waals surface area contributed by atoms with E-state index in [1.54, 1.807) is 0 Å². The quantitative estimate of drug-likeness (QED) is 0.629. The average molecular weight is 198 g/mol. The predicted octanol–water partition coefficient (Wildman–Crippen LogP) is 2.21. The topological polar surface area (TPSA) is 48.9 Å². The molecule has 0 saturated carbocycles. The third-order valence-electron chi connectivity index (χ3n) is 2.55. The first-order valence-corrected chi connectivity index (χ1v) is 4.85. The number of fused-ring (bicyclic) bond motifs is 2. The molecule has 74 valence electrons. The summed E-state index contributed by atoms with van der Waals surface area (Å²) in [6.07, 6.45) is 0. The van der Waals surface area contributed by atoms with Gasteiger partial charge in [-0.25, -0.2) is 4.98 Å². The van der Waals surface area contributed by atoms with Gasteiger partial charge in [0.15, 0.2) is 0 Å². The first-order chi connectivity index (χ1) is 7.36. The van der Waals surface area contributed by atoms with Crippen molar-refractivity contribution in [3.63, 3.8) is 0 Å². The molecule has 0 aliphatic carbocycles. The molecule has 15 heavy (non-hydrogen) atoms. The number of nitrogens with one attached hydrogen (secondary N) is 1. The van der Waals surface area contributed by atoms with Crippen LogP contribution in [0.4, 0.5) is 0 Å². The van der Waals surface area contributed by atoms with E-state index in [-0.39, 0.29) is 6.61 Å². The van der Waals surface area contributed by atoms with Crippen molar-refractivity contribution in [3.8, 4) is 0 Å². The Morgan fingerprint density at radius 3 is 2.60 bits per heavy atom. The highest BCUT2D eigenvalue weighted by Crippen LogP contribution is 2.20. The van der Waals surface area contributed by atoms with Gasteiger partial charge in [-0.15, -0.1) is 0 Å². The predicted molar refractivity (Wildman–Crippen MR) is 59.5 cm³/mol. The summed E-state index contributed by atoms with van der Waals surface area (Å²) in [5.41, 5.74) is 1.87. The number of hydrogen-bond acceptors (Lipinski definition) is 2. The minimum atomic E-state index is -0.0506. The number of benzene rings is 2. The molecule has 1 heterocycles. The van der Waals surface area contributed by atoms with Crippen molar-refractivity contribution >= 4 is 21.8 Å². The summed E-state index contributed by atoms with van der Waals surface area (Å²) in [4.78, 5) is 7.35. The molecule has 2 N–H and O–H groups in total. The number of aromatic amines is 1. The molecule has 0 fully saturated rings. The molecule has 3 rings (SSSR count). The Balaban J connectivity index is 2.39. The summed E-state index contributed by atoms with van der Waals surface area (Å²) in [7, 11) is 0. The van der Waals surface area contributed by atoms with E-state index < -0.39 is 0 Å². The van der Waals surface area contributed by atoms with Gasteiger partial charge in [0.1, 0.15) is 12.4 Å². The van der Waals surface area contributed by atoms with Gasteiger partial charge >= 0.3 is 0 Å². The molecule has 1 aromatic heterocycles. The lowest BCUT2D eigenvalue weighted by Gasteiger charge is -1.95. The van der Waals surface area contributed by atoms with Gasteiger partial charge < -0.3 is 10.1 Å². The van der Waals surface area contributed by atoms with Crippen LogP contribution in [0, 0.1) is 0 Å². The van der Waals surface area contributed by atoms with Crippen LogP contribution in [0.5, 0.6) is 0 Å². The van der Waals surface area contributed by atoms with E-state index in [9.17, 15) is 0 Å². The smallest absolute Gasteiger partial charge is 0.133 e. The second-order valence-electron chi connectivity index (χ2n) is 3.56. The van der Waals surface area contributed by atoms with Crippen molar-refractivity contribution in [2.24, 2.45) is 0 Å². The second kappa shape index (κ2) is 3.07. The maximum Gasteiger partial charge on any atom is 0.133 e. The maximum atomic E-state index is 8.98. The van der Waals surface area contributed by atoms with Crippen LogP contribution in [0.3, 0.4) is 0 Å². The molecule has 0 bridgehead atoms. The first kappa shape index (κ1) is 8.44. The van der Waals surface area contributed by atoms with E-state index in [4.69, 9.17) is 5.11 Å². The molecule has 3 aromatic rings. The van der Waals surface area contributed by atoms with Crippen molar-refractivity contribution in [3.05, 3.63) is 42.2 Å². The van der Waals surface area contributed by atoms with Gasteiger partial charge in [-0.3, -0.25) is 0 Å². The normalized spacial score (nSPS) is 11.3. The zero-order chi connectivity index (χ0) is 10.3. The molecule has 0 saturated heterocycles. The first-order valence-electron chi connectivity index (χ1n) is 4.85. The fourth-order valence-corrected chi connectivity index (χ4v) is 1.82. The molecule has 3 heteroatoms. The standard InChI is InChI=1S/C12H10N2O/c15-7-12-13-10-5-8-3-1-2-4-9(8)6-11(10)14-12/h1-6,15H,7H2,(H,13,14). The number of aliphatic hydroxyl groups is 1. The number of rotatable bonds is 1. The van der Waals surface area contributed by atoms with E-state index in [2.05, 4.69) is 28.2 Å². The van der Waals surface area contributed by atoms with Gasteiger partial charge in [-0.2, -0.15) is 0 Å². The Bertz CT molecular complexity index is 575. The molecule has 2 aromatic carbocycles. The molecule has 0 radical (unpaired) electrons.